The van der Waals surface area contributed by atoms with Gasteiger partial charge in [0.1, 0.15) is 0 Å². The summed E-state index contributed by atoms with van der Waals surface area (Å²) in [6.45, 7) is 1.44. The zero-order valence-corrected chi connectivity index (χ0v) is 9.50. The SMILES string of the molecule is O=C(O)c1nnn(C2CCOCC2)c1C1CC1. The molecule has 0 amide bonds. The Morgan fingerprint density at radius 2 is 2.00 bits per heavy atom. The molecule has 3 rings (SSSR count). The Balaban J connectivity index is 1.95. The van der Waals surface area contributed by atoms with Gasteiger partial charge >= 0.3 is 5.97 Å². The standard InChI is InChI=1S/C11H15N3O3/c15-11(16)9-10(7-1-2-7)14(13-12-9)8-3-5-17-6-4-8/h7-8H,1-6H2,(H,15,16). The van der Waals surface area contributed by atoms with Crippen molar-refractivity contribution in [2.24, 2.45) is 0 Å². The van der Waals surface area contributed by atoms with E-state index in [1.807, 2.05) is 4.68 Å². The second-order valence-electron chi connectivity index (χ2n) is 4.69. The van der Waals surface area contributed by atoms with E-state index in [1.165, 1.54) is 0 Å². The summed E-state index contributed by atoms with van der Waals surface area (Å²) < 4.78 is 7.15. The molecule has 6 nitrogen and oxygen atoms in total. The van der Waals surface area contributed by atoms with Gasteiger partial charge in [0.05, 0.1) is 11.7 Å². The fourth-order valence-electron chi connectivity index (χ4n) is 2.39. The third-order valence-corrected chi connectivity index (χ3v) is 3.43. The summed E-state index contributed by atoms with van der Waals surface area (Å²) in [5.74, 6) is -0.621. The Kier molecular flexibility index (Phi) is 2.58. The van der Waals surface area contributed by atoms with Crippen LogP contribution in [-0.4, -0.2) is 39.3 Å². The highest BCUT2D eigenvalue weighted by Gasteiger charge is 2.35. The van der Waals surface area contributed by atoms with Crippen LogP contribution in [0, 0.1) is 0 Å². The number of ether oxygens (including phenoxy) is 1. The maximum absolute atomic E-state index is 11.1. The number of carboxylic acid groups (broad SMARTS) is 1. The van der Waals surface area contributed by atoms with Crippen LogP contribution in [0.1, 0.15) is 53.8 Å². The van der Waals surface area contributed by atoms with E-state index < -0.39 is 5.97 Å². The highest BCUT2D eigenvalue weighted by molar-refractivity contribution is 5.86. The molecule has 0 atom stereocenters. The van der Waals surface area contributed by atoms with E-state index in [0.29, 0.717) is 5.92 Å². The van der Waals surface area contributed by atoms with E-state index in [9.17, 15) is 4.79 Å². The van der Waals surface area contributed by atoms with Crippen molar-refractivity contribution in [3.05, 3.63) is 11.4 Å². The summed E-state index contributed by atoms with van der Waals surface area (Å²) in [5.41, 5.74) is 0.961. The van der Waals surface area contributed by atoms with Crippen molar-refractivity contribution in [3.63, 3.8) is 0 Å². The Morgan fingerprint density at radius 1 is 1.29 bits per heavy atom. The third kappa shape index (κ3) is 1.93. The van der Waals surface area contributed by atoms with Crippen LogP contribution < -0.4 is 0 Å². The number of rotatable bonds is 3. The Labute approximate surface area is 98.6 Å². The molecule has 6 heteroatoms. The van der Waals surface area contributed by atoms with Gasteiger partial charge in [-0.3, -0.25) is 0 Å². The first kappa shape index (κ1) is 10.7. The second kappa shape index (κ2) is 4.10. The number of aromatic carboxylic acids is 1. The van der Waals surface area contributed by atoms with E-state index in [4.69, 9.17) is 9.84 Å². The lowest BCUT2D eigenvalue weighted by atomic mass is 10.1. The molecule has 1 saturated carbocycles. The molecule has 17 heavy (non-hydrogen) atoms. The lowest BCUT2D eigenvalue weighted by Crippen LogP contribution is -2.22. The molecule has 2 heterocycles. The quantitative estimate of drug-likeness (QED) is 0.854. The molecule has 1 aliphatic carbocycles. The summed E-state index contributed by atoms with van der Waals surface area (Å²) >= 11 is 0. The highest BCUT2D eigenvalue weighted by atomic mass is 16.5. The van der Waals surface area contributed by atoms with Crippen LogP contribution in [0.25, 0.3) is 0 Å². The van der Waals surface area contributed by atoms with Gasteiger partial charge in [0.2, 0.25) is 0 Å². The monoisotopic (exact) mass is 237 g/mol. The predicted octanol–water partition coefficient (Wildman–Crippen LogP) is 1.21. The molecule has 1 aromatic heterocycles. The first-order chi connectivity index (χ1) is 8.27. The Bertz CT molecular complexity index is 433. The van der Waals surface area contributed by atoms with Gasteiger partial charge in [-0.25, -0.2) is 9.48 Å². The maximum Gasteiger partial charge on any atom is 0.358 e. The van der Waals surface area contributed by atoms with E-state index in [-0.39, 0.29) is 11.7 Å². The van der Waals surface area contributed by atoms with Crippen molar-refractivity contribution in [3.8, 4) is 0 Å². The number of aromatic nitrogens is 3. The van der Waals surface area contributed by atoms with E-state index in [2.05, 4.69) is 10.3 Å². The minimum absolute atomic E-state index is 0.138. The Hall–Kier alpha value is -1.43. The third-order valence-electron chi connectivity index (χ3n) is 3.43. The van der Waals surface area contributed by atoms with E-state index in [0.717, 1.165) is 44.6 Å². The molecule has 0 spiro atoms. The molecule has 0 bridgehead atoms. The van der Waals surface area contributed by atoms with Crippen LogP contribution in [0.4, 0.5) is 0 Å². The van der Waals surface area contributed by atoms with Crippen LogP contribution in [0.3, 0.4) is 0 Å². The molecule has 2 aliphatic rings. The van der Waals surface area contributed by atoms with Crippen LogP contribution in [-0.2, 0) is 4.74 Å². The molecular weight excluding hydrogens is 222 g/mol. The van der Waals surface area contributed by atoms with Crippen LogP contribution in [0.15, 0.2) is 0 Å². The van der Waals surface area contributed by atoms with Gasteiger partial charge in [-0.05, 0) is 25.7 Å². The highest BCUT2D eigenvalue weighted by Crippen LogP contribution is 2.42. The molecule has 0 aromatic carbocycles. The average molecular weight is 237 g/mol. The van der Waals surface area contributed by atoms with Gasteiger partial charge in [-0.2, -0.15) is 0 Å². The lowest BCUT2D eigenvalue weighted by molar-refractivity contribution is 0.0647. The first-order valence-electron chi connectivity index (χ1n) is 6.03. The second-order valence-corrected chi connectivity index (χ2v) is 4.69. The lowest BCUT2D eigenvalue weighted by Gasteiger charge is -2.23. The zero-order chi connectivity index (χ0) is 11.8. The molecule has 1 aliphatic heterocycles. The van der Waals surface area contributed by atoms with Crippen LogP contribution >= 0.6 is 0 Å². The number of carbonyl (C=O) groups is 1. The van der Waals surface area contributed by atoms with Crippen LogP contribution in [0.5, 0.6) is 0 Å². The summed E-state index contributed by atoms with van der Waals surface area (Å²) in [5, 5.41) is 17.0. The smallest absolute Gasteiger partial charge is 0.358 e. The van der Waals surface area contributed by atoms with Gasteiger partial charge in [0.25, 0.3) is 0 Å². The predicted molar refractivity (Wildman–Crippen MR) is 58.0 cm³/mol. The molecule has 1 N–H and O–H groups in total. The molecule has 1 aromatic rings. The number of nitrogens with zero attached hydrogens (tertiary/aromatic N) is 3. The summed E-state index contributed by atoms with van der Waals surface area (Å²) in [7, 11) is 0. The largest absolute Gasteiger partial charge is 0.476 e. The summed E-state index contributed by atoms with van der Waals surface area (Å²) in [6, 6.07) is 0.250. The maximum atomic E-state index is 11.1. The topological polar surface area (TPSA) is 77.2 Å². The van der Waals surface area contributed by atoms with E-state index in [1.54, 1.807) is 0 Å². The summed E-state index contributed by atoms with van der Waals surface area (Å²) in [6.07, 6.45) is 3.89. The van der Waals surface area contributed by atoms with Gasteiger partial charge < -0.3 is 9.84 Å². The van der Waals surface area contributed by atoms with Crippen molar-refractivity contribution >= 4 is 5.97 Å². The number of hydrogen-bond donors (Lipinski definition) is 1. The fraction of sp³-hybridized carbons (Fsp3) is 0.727. The van der Waals surface area contributed by atoms with Gasteiger partial charge in [-0.1, -0.05) is 5.21 Å². The van der Waals surface area contributed by atoms with E-state index >= 15 is 0 Å². The van der Waals surface area contributed by atoms with Crippen molar-refractivity contribution in [1.29, 1.82) is 0 Å². The number of carboxylic acids is 1. The summed E-state index contributed by atoms with van der Waals surface area (Å²) in [4.78, 5) is 11.1. The van der Waals surface area contributed by atoms with Gasteiger partial charge in [0.15, 0.2) is 5.69 Å². The minimum atomic E-state index is -0.967. The molecule has 1 saturated heterocycles. The molecule has 92 valence electrons. The molecule has 0 radical (unpaired) electrons. The zero-order valence-electron chi connectivity index (χ0n) is 9.50. The van der Waals surface area contributed by atoms with Crippen molar-refractivity contribution in [2.45, 2.75) is 37.6 Å². The van der Waals surface area contributed by atoms with Crippen molar-refractivity contribution in [1.82, 2.24) is 15.0 Å². The minimum Gasteiger partial charge on any atom is -0.476 e. The Morgan fingerprint density at radius 3 is 2.59 bits per heavy atom. The van der Waals surface area contributed by atoms with Crippen molar-refractivity contribution < 1.29 is 14.6 Å². The molecule has 2 fully saturated rings. The molecular formula is C11H15N3O3. The normalized spacial score (nSPS) is 21.6. The van der Waals surface area contributed by atoms with Crippen LogP contribution in [0.2, 0.25) is 0 Å². The molecule has 0 unspecified atom stereocenters. The van der Waals surface area contributed by atoms with Gasteiger partial charge in [0, 0.05) is 19.1 Å². The number of hydrogen-bond acceptors (Lipinski definition) is 4. The average Bonchev–Trinajstić information content (AvgIpc) is 3.08. The first-order valence-corrected chi connectivity index (χ1v) is 6.03. The van der Waals surface area contributed by atoms with Gasteiger partial charge in [-0.15, -0.1) is 5.10 Å². The fourth-order valence-corrected chi connectivity index (χ4v) is 2.39. The van der Waals surface area contributed by atoms with Crippen molar-refractivity contribution in [2.75, 3.05) is 13.2 Å².